The van der Waals surface area contributed by atoms with Crippen LogP contribution in [-0.2, 0) is 0 Å². The summed E-state index contributed by atoms with van der Waals surface area (Å²) in [6.07, 6.45) is -4.12. The van der Waals surface area contributed by atoms with Crippen molar-refractivity contribution in [3.63, 3.8) is 0 Å². The number of halogens is 3. The molecule has 4 nitrogen and oxygen atoms in total. The van der Waals surface area contributed by atoms with E-state index in [1.54, 1.807) is 6.07 Å². The molecule has 1 aliphatic heterocycles. The number of phenolic OH excluding ortho intramolecular Hbond substituents is 1. The highest BCUT2D eigenvalue weighted by Gasteiger charge is 2.33. The number of nitrogens with one attached hydrogen (secondary N) is 1. The molecule has 1 saturated heterocycles. The molecule has 1 aromatic rings. The van der Waals surface area contributed by atoms with E-state index in [9.17, 15) is 18.3 Å². The van der Waals surface area contributed by atoms with Gasteiger partial charge in [0.2, 0.25) is 0 Å². The van der Waals surface area contributed by atoms with Crippen molar-refractivity contribution < 1.29 is 23.0 Å². The third-order valence-electron chi connectivity index (χ3n) is 3.59. The van der Waals surface area contributed by atoms with Crippen LogP contribution in [0.25, 0.3) is 0 Å². The fourth-order valence-electron chi connectivity index (χ4n) is 2.68. The van der Waals surface area contributed by atoms with E-state index < -0.39 is 17.9 Å². The number of hydrogen-bond acceptors (Lipinski definition) is 4. The largest absolute Gasteiger partial charge is 0.573 e. The van der Waals surface area contributed by atoms with Crippen molar-refractivity contribution in [2.24, 2.45) is 0 Å². The van der Waals surface area contributed by atoms with Crippen LogP contribution in [-0.4, -0.2) is 42.5 Å². The van der Waals surface area contributed by atoms with Gasteiger partial charge in [0.25, 0.3) is 0 Å². The molecule has 1 heterocycles. The smallest absolute Gasteiger partial charge is 0.504 e. The molecular formula is C14H19F3N2O2. The van der Waals surface area contributed by atoms with Crippen molar-refractivity contribution in [3.8, 4) is 11.5 Å². The minimum absolute atomic E-state index is 0.121. The summed E-state index contributed by atoms with van der Waals surface area (Å²) in [5.74, 6) is -0.978. The Kier molecular flexibility index (Phi) is 4.95. The average Bonchev–Trinajstić information content (AvgIpc) is 2.43. The zero-order valence-electron chi connectivity index (χ0n) is 11.8. The highest BCUT2D eigenvalue weighted by atomic mass is 19.4. The van der Waals surface area contributed by atoms with Crippen LogP contribution in [0.3, 0.4) is 0 Å². The molecule has 0 amide bonds. The number of aromatic hydroxyl groups is 1. The van der Waals surface area contributed by atoms with Crippen LogP contribution in [0.5, 0.6) is 11.5 Å². The molecule has 1 atom stereocenters. The second kappa shape index (κ2) is 6.53. The zero-order chi connectivity index (χ0) is 15.5. The summed E-state index contributed by atoms with van der Waals surface area (Å²) in [6.45, 7) is 5.19. The summed E-state index contributed by atoms with van der Waals surface area (Å²) in [6, 6.07) is 4.12. The summed E-state index contributed by atoms with van der Waals surface area (Å²) >= 11 is 0. The van der Waals surface area contributed by atoms with Crippen molar-refractivity contribution in [1.29, 1.82) is 0 Å². The van der Waals surface area contributed by atoms with Gasteiger partial charge in [-0.15, -0.1) is 13.2 Å². The highest BCUT2D eigenvalue weighted by molar-refractivity contribution is 5.47. The second-order valence-electron chi connectivity index (χ2n) is 4.95. The van der Waals surface area contributed by atoms with Crippen LogP contribution in [0.4, 0.5) is 13.2 Å². The lowest BCUT2D eigenvalue weighted by Crippen LogP contribution is -2.45. The Labute approximate surface area is 121 Å². The van der Waals surface area contributed by atoms with E-state index in [0.29, 0.717) is 12.0 Å². The van der Waals surface area contributed by atoms with Gasteiger partial charge in [-0.25, -0.2) is 0 Å². The molecule has 21 heavy (non-hydrogen) atoms. The first-order valence-electron chi connectivity index (χ1n) is 6.94. The predicted octanol–water partition coefficient (Wildman–Crippen LogP) is 2.65. The zero-order valence-corrected chi connectivity index (χ0v) is 11.8. The van der Waals surface area contributed by atoms with Crippen LogP contribution in [0, 0.1) is 0 Å². The van der Waals surface area contributed by atoms with E-state index in [4.69, 9.17) is 0 Å². The molecule has 1 aromatic carbocycles. The number of phenols is 1. The van der Waals surface area contributed by atoms with Crippen molar-refractivity contribution >= 4 is 0 Å². The molecule has 1 aliphatic rings. The standard InChI is InChI=1S/C14H19F3N2O2/c1-2-11(19-8-6-18-7-9-19)10-4-3-5-12(13(10)20)21-14(15,16)17/h3-5,11,18,20H,2,6-9H2,1H3/t11-/m1/s1. The van der Waals surface area contributed by atoms with Gasteiger partial charge in [0, 0.05) is 37.8 Å². The first kappa shape index (κ1) is 15.9. The molecule has 0 aliphatic carbocycles. The summed E-state index contributed by atoms with van der Waals surface area (Å²) in [5, 5.41) is 13.3. The minimum Gasteiger partial charge on any atom is -0.504 e. The lowest BCUT2D eigenvalue weighted by atomic mass is 10.0. The van der Waals surface area contributed by atoms with Gasteiger partial charge in [0.15, 0.2) is 11.5 Å². The Balaban J connectivity index is 2.26. The number of nitrogens with zero attached hydrogens (tertiary/aromatic N) is 1. The van der Waals surface area contributed by atoms with E-state index in [1.165, 1.54) is 6.07 Å². The molecule has 1 fully saturated rings. The van der Waals surface area contributed by atoms with Crippen LogP contribution in [0.15, 0.2) is 18.2 Å². The van der Waals surface area contributed by atoms with Crippen molar-refractivity contribution in [3.05, 3.63) is 23.8 Å². The maximum Gasteiger partial charge on any atom is 0.573 e. The Bertz CT molecular complexity index is 474. The maximum absolute atomic E-state index is 12.3. The van der Waals surface area contributed by atoms with Gasteiger partial charge in [-0.2, -0.15) is 0 Å². The summed E-state index contributed by atoms with van der Waals surface area (Å²) in [5.41, 5.74) is 0.473. The van der Waals surface area contributed by atoms with E-state index in [1.807, 2.05) is 6.92 Å². The maximum atomic E-state index is 12.3. The molecule has 0 spiro atoms. The quantitative estimate of drug-likeness (QED) is 0.897. The molecule has 0 aromatic heterocycles. The third kappa shape index (κ3) is 4.01. The van der Waals surface area contributed by atoms with Crippen LogP contribution >= 0.6 is 0 Å². The molecule has 0 saturated carbocycles. The average molecular weight is 304 g/mol. The number of hydrogen-bond donors (Lipinski definition) is 2. The SMILES string of the molecule is CC[C@H](c1cccc(OC(F)(F)F)c1O)N1CCNCC1. The number of para-hydroxylation sites is 1. The fourth-order valence-corrected chi connectivity index (χ4v) is 2.68. The van der Waals surface area contributed by atoms with E-state index in [0.717, 1.165) is 32.2 Å². The first-order valence-corrected chi connectivity index (χ1v) is 6.94. The van der Waals surface area contributed by atoms with E-state index >= 15 is 0 Å². The van der Waals surface area contributed by atoms with Gasteiger partial charge >= 0.3 is 6.36 Å². The third-order valence-corrected chi connectivity index (χ3v) is 3.59. The van der Waals surface area contributed by atoms with Crippen LogP contribution in [0.2, 0.25) is 0 Å². The molecule has 2 N–H and O–H groups in total. The first-order chi connectivity index (χ1) is 9.92. The number of rotatable bonds is 4. The highest BCUT2D eigenvalue weighted by Crippen LogP contribution is 2.39. The number of piperazine rings is 1. The number of ether oxygens (including phenoxy) is 1. The molecule has 2 rings (SSSR count). The van der Waals surface area contributed by atoms with Gasteiger partial charge < -0.3 is 15.2 Å². The fraction of sp³-hybridized carbons (Fsp3) is 0.571. The molecule has 0 radical (unpaired) electrons. The Hall–Kier alpha value is -1.47. The molecule has 0 bridgehead atoms. The van der Waals surface area contributed by atoms with Gasteiger partial charge in [0.05, 0.1) is 0 Å². The van der Waals surface area contributed by atoms with Gasteiger partial charge in [-0.1, -0.05) is 19.1 Å². The van der Waals surface area contributed by atoms with Crippen LogP contribution < -0.4 is 10.1 Å². The van der Waals surface area contributed by atoms with Crippen molar-refractivity contribution in [1.82, 2.24) is 10.2 Å². The van der Waals surface area contributed by atoms with Gasteiger partial charge in [-0.05, 0) is 12.5 Å². The van der Waals surface area contributed by atoms with Crippen molar-refractivity contribution in [2.75, 3.05) is 26.2 Å². The van der Waals surface area contributed by atoms with Crippen molar-refractivity contribution in [2.45, 2.75) is 25.7 Å². The summed E-state index contributed by atoms with van der Waals surface area (Å²) in [4.78, 5) is 2.16. The van der Waals surface area contributed by atoms with E-state index in [-0.39, 0.29) is 6.04 Å². The molecule has 7 heteroatoms. The number of alkyl halides is 3. The topological polar surface area (TPSA) is 44.7 Å². The molecule has 0 unspecified atom stereocenters. The number of benzene rings is 1. The lowest BCUT2D eigenvalue weighted by Gasteiger charge is -2.35. The predicted molar refractivity (Wildman–Crippen MR) is 72.3 cm³/mol. The Morgan fingerprint density at radius 3 is 2.57 bits per heavy atom. The monoisotopic (exact) mass is 304 g/mol. The van der Waals surface area contributed by atoms with Gasteiger partial charge in [-0.3, -0.25) is 4.90 Å². The Morgan fingerprint density at radius 1 is 1.33 bits per heavy atom. The van der Waals surface area contributed by atoms with Crippen LogP contribution in [0.1, 0.15) is 24.9 Å². The molecular weight excluding hydrogens is 285 g/mol. The van der Waals surface area contributed by atoms with E-state index in [2.05, 4.69) is 15.0 Å². The molecule has 118 valence electrons. The summed E-state index contributed by atoms with van der Waals surface area (Å²) in [7, 11) is 0. The minimum atomic E-state index is -4.81. The Morgan fingerprint density at radius 2 is 2.00 bits per heavy atom. The lowest BCUT2D eigenvalue weighted by molar-refractivity contribution is -0.275. The normalized spacial score (nSPS) is 18.5. The second-order valence-corrected chi connectivity index (χ2v) is 4.95. The summed E-state index contributed by atoms with van der Waals surface area (Å²) < 4.78 is 40.9. The van der Waals surface area contributed by atoms with Gasteiger partial charge in [0.1, 0.15) is 0 Å².